The molecule has 0 spiro atoms. The molecular formula is C11H14N4O2S. The van der Waals surface area contributed by atoms with E-state index in [1.807, 2.05) is 6.07 Å². The van der Waals surface area contributed by atoms with Gasteiger partial charge in [0.05, 0.1) is 11.0 Å². The molecule has 1 aromatic rings. The second-order valence-corrected chi connectivity index (χ2v) is 6.74. The molecule has 0 aromatic carbocycles. The zero-order valence-electron chi connectivity index (χ0n) is 10.0. The van der Waals surface area contributed by atoms with Crippen molar-refractivity contribution in [2.45, 2.75) is 25.0 Å². The average Bonchev–Trinajstić information content (AvgIpc) is 2.65. The summed E-state index contributed by atoms with van der Waals surface area (Å²) in [7, 11) is -2.97. The number of anilines is 1. The fourth-order valence-corrected chi connectivity index (χ4v) is 3.76. The molecule has 0 bridgehead atoms. The van der Waals surface area contributed by atoms with E-state index in [4.69, 9.17) is 5.26 Å². The Balaban J connectivity index is 2.07. The Labute approximate surface area is 106 Å². The molecule has 18 heavy (non-hydrogen) atoms. The van der Waals surface area contributed by atoms with Crippen molar-refractivity contribution in [3.05, 3.63) is 17.5 Å². The molecule has 1 unspecified atom stereocenters. The van der Waals surface area contributed by atoms with Crippen molar-refractivity contribution in [2.24, 2.45) is 0 Å². The van der Waals surface area contributed by atoms with Gasteiger partial charge in [-0.3, -0.25) is 0 Å². The molecule has 96 valence electrons. The molecule has 2 heterocycles. The number of rotatable bonds is 3. The highest BCUT2D eigenvalue weighted by Gasteiger charge is 2.30. The van der Waals surface area contributed by atoms with Crippen molar-refractivity contribution in [3.8, 4) is 6.07 Å². The van der Waals surface area contributed by atoms with E-state index in [9.17, 15) is 8.42 Å². The Morgan fingerprint density at radius 3 is 2.94 bits per heavy atom. The van der Waals surface area contributed by atoms with Crippen LogP contribution in [0.2, 0.25) is 0 Å². The topological polar surface area (TPSA) is 95.7 Å². The lowest BCUT2D eigenvalue weighted by Crippen LogP contribution is -2.25. The van der Waals surface area contributed by atoms with Crippen molar-refractivity contribution in [2.75, 3.05) is 17.6 Å². The van der Waals surface area contributed by atoms with Crippen LogP contribution in [0.15, 0.2) is 6.07 Å². The molecule has 2 rings (SSSR count). The van der Waals surface area contributed by atoms with Crippen LogP contribution in [0.5, 0.6) is 0 Å². The summed E-state index contributed by atoms with van der Waals surface area (Å²) in [5, 5.41) is 11.3. The Kier molecular flexibility index (Phi) is 3.48. The van der Waals surface area contributed by atoms with E-state index in [0.717, 1.165) is 0 Å². The maximum Gasteiger partial charge on any atom is 0.224 e. The van der Waals surface area contributed by atoms with E-state index in [-0.39, 0.29) is 16.7 Å². The summed E-state index contributed by atoms with van der Waals surface area (Å²) in [6.07, 6.45) is 1.39. The number of hydrogen-bond acceptors (Lipinski definition) is 6. The molecule has 0 amide bonds. The molecule has 1 aromatic heterocycles. The smallest absolute Gasteiger partial charge is 0.224 e. The van der Waals surface area contributed by atoms with Crippen molar-refractivity contribution < 1.29 is 8.42 Å². The van der Waals surface area contributed by atoms with E-state index in [0.29, 0.717) is 31.0 Å². The number of aromatic nitrogens is 2. The maximum absolute atomic E-state index is 11.6. The van der Waals surface area contributed by atoms with Crippen LogP contribution in [0.3, 0.4) is 0 Å². The van der Waals surface area contributed by atoms with E-state index < -0.39 is 9.84 Å². The van der Waals surface area contributed by atoms with Gasteiger partial charge in [-0.05, 0) is 25.8 Å². The number of sulfone groups is 1. The second-order valence-electron chi connectivity index (χ2n) is 4.34. The van der Waals surface area contributed by atoms with Crippen LogP contribution < -0.4 is 5.32 Å². The minimum absolute atomic E-state index is 0.261. The molecule has 0 saturated carbocycles. The zero-order chi connectivity index (χ0) is 13.2. The van der Waals surface area contributed by atoms with E-state index in [2.05, 4.69) is 15.3 Å². The lowest BCUT2D eigenvalue weighted by atomic mass is 10.2. The lowest BCUT2D eigenvalue weighted by Gasteiger charge is -2.10. The van der Waals surface area contributed by atoms with Gasteiger partial charge in [0.25, 0.3) is 0 Å². The monoisotopic (exact) mass is 266 g/mol. The van der Waals surface area contributed by atoms with E-state index in [1.165, 1.54) is 0 Å². The average molecular weight is 266 g/mol. The first-order chi connectivity index (χ1) is 8.51. The third-order valence-corrected chi connectivity index (χ3v) is 5.20. The number of aryl methyl sites for hydroxylation is 1. The lowest BCUT2D eigenvalue weighted by molar-refractivity contribution is 0.591. The van der Waals surface area contributed by atoms with Crippen molar-refractivity contribution in [1.29, 1.82) is 5.26 Å². The fraction of sp³-hybridized carbons (Fsp3) is 0.545. The van der Waals surface area contributed by atoms with Gasteiger partial charge >= 0.3 is 0 Å². The van der Waals surface area contributed by atoms with Crippen LogP contribution in [-0.2, 0) is 9.84 Å². The van der Waals surface area contributed by atoms with Crippen molar-refractivity contribution in [1.82, 2.24) is 9.97 Å². The van der Waals surface area contributed by atoms with Gasteiger partial charge in [-0.25, -0.2) is 18.4 Å². The molecule has 1 atom stereocenters. The minimum Gasteiger partial charge on any atom is -0.353 e. The summed E-state index contributed by atoms with van der Waals surface area (Å²) in [5.41, 5.74) is 0.956. The van der Waals surface area contributed by atoms with Gasteiger partial charge in [0.1, 0.15) is 11.8 Å². The van der Waals surface area contributed by atoms with Gasteiger partial charge in [0.2, 0.25) is 5.95 Å². The summed E-state index contributed by atoms with van der Waals surface area (Å²) >= 11 is 0. The molecular weight excluding hydrogens is 252 g/mol. The maximum atomic E-state index is 11.6. The second kappa shape index (κ2) is 4.90. The summed E-state index contributed by atoms with van der Waals surface area (Å²) in [4.78, 5) is 8.10. The third-order valence-electron chi connectivity index (χ3n) is 2.92. The summed E-state index contributed by atoms with van der Waals surface area (Å²) in [5.74, 6) is 0.575. The largest absolute Gasteiger partial charge is 0.353 e. The predicted octanol–water partition coefficient (Wildman–Crippen LogP) is 0.646. The Morgan fingerprint density at radius 1 is 1.56 bits per heavy atom. The van der Waals surface area contributed by atoms with Gasteiger partial charge in [-0.1, -0.05) is 0 Å². The van der Waals surface area contributed by atoms with E-state index >= 15 is 0 Å². The first-order valence-corrected chi connectivity index (χ1v) is 7.44. The van der Waals surface area contributed by atoms with Gasteiger partial charge in [0.15, 0.2) is 9.84 Å². The molecule has 1 aliphatic rings. The van der Waals surface area contributed by atoms with Crippen LogP contribution in [0.25, 0.3) is 0 Å². The number of nitrogens with zero attached hydrogens (tertiary/aromatic N) is 3. The molecule has 1 saturated heterocycles. The number of nitrogens with one attached hydrogen (secondary N) is 1. The molecule has 0 aliphatic carbocycles. The van der Waals surface area contributed by atoms with E-state index in [1.54, 1.807) is 13.0 Å². The predicted molar refractivity (Wildman–Crippen MR) is 66.8 cm³/mol. The Bertz CT molecular complexity index is 592. The fourth-order valence-electron chi connectivity index (χ4n) is 2.00. The summed E-state index contributed by atoms with van der Waals surface area (Å²) in [6, 6.07) is 3.52. The summed E-state index contributed by atoms with van der Waals surface area (Å²) in [6.45, 7) is 2.07. The first-order valence-electron chi connectivity index (χ1n) is 5.72. The molecule has 0 radical (unpaired) electrons. The van der Waals surface area contributed by atoms with Gasteiger partial charge in [-0.2, -0.15) is 5.26 Å². The van der Waals surface area contributed by atoms with Crippen LogP contribution in [-0.4, -0.2) is 35.9 Å². The third kappa shape index (κ3) is 2.76. The Morgan fingerprint density at radius 2 is 2.33 bits per heavy atom. The summed E-state index contributed by atoms with van der Waals surface area (Å²) < 4.78 is 23.3. The first kappa shape index (κ1) is 12.8. The SMILES string of the molecule is Cc1cc(C#N)nc(NCC2CCCS2(=O)=O)n1. The quantitative estimate of drug-likeness (QED) is 0.862. The van der Waals surface area contributed by atoms with Crippen molar-refractivity contribution >= 4 is 15.8 Å². The molecule has 1 fully saturated rings. The van der Waals surface area contributed by atoms with Gasteiger partial charge in [-0.15, -0.1) is 0 Å². The van der Waals surface area contributed by atoms with Crippen LogP contribution >= 0.6 is 0 Å². The van der Waals surface area contributed by atoms with Gasteiger partial charge < -0.3 is 5.32 Å². The molecule has 7 heteroatoms. The highest BCUT2D eigenvalue weighted by molar-refractivity contribution is 7.92. The standard InChI is InChI=1S/C11H14N4O2S/c1-8-5-9(6-12)15-11(14-8)13-7-10-3-2-4-18(10,16)17/h5,10H,2-4,7H2,1H3,(H,13,14,15). The zero-order valence-corrected chi connectivity index (χ0v) is 10.9. The normalized spacial score (nSPS) is 21.4. The van der Waals surface area contributed by atoms with Gasteiger partial charge in [0, 0.05) is 12.2 Å². The number of nitriles is 1. The molecule has 6 nitrogen and oxygen atoms in total. The van der Waals surface area contributed by atoms with Crippen LogP contribution in [0.1, 0.15) is 24.2 Å². The Hall–Kier alpha value is -1.68. The molecule has 1 N–H and O–H groups in total. The number of hydrogen-bond donors (Lipinski definition) is 1. The minimum atomic E-state index is -2.97. The van der Waals surface area contributed by atoms with Crippen LogP contribution in [0, 0.1) is 18.3 Å². The molecule has 1 aliphatic heterocycles. The van der Waals surface area contributed by atoms with Crippen LogP contribution in [0.4, 0.5) is 5.95 Å². The highest BCUT2D eigenvalue weighted by Crippen LogP contribution is 2.20. The van der Waals surface area contributed by atoms with Crippen molar-refractivity contribution in [3.63, 3.8) is 0 Å². The highest BCUT2D eigenvalue weighted by atomic mass is 32.2.